The van der Waals surface area contributed by atoms with Crippen molar-refractivity contribution in [1.29, 1.82) is 0 Å². The molecule has 1 atom stereocenters. The van der Waals surface area contributed by atoms with Gasteiger partial charge in [0.05, 0.1) is 26.8 Å². The number of benzene rings is 3. The molecule has 0 aliphatic heterocycles. The number of fused-ring (bicyclic) bond motifs is 1. The second-order valence-corrected chi connectivity index (χ2v) is 11.0. The summed E-state index contributed by atoms with van der Waals surface area (Å²) < 4.78 is 28.7. The van der Waals surface area contributed by atoms with Crippen LogP contribution in [0, 0.1) is 6.92 Å². The normalized spacial score (nSPS) is 12.5. The highest BCUT2D eigenvalue weighted by atomic mass is 32.2. The Kier molecular flexibility index (Phi) is 6.23. The zero-order valence-corrected chi connectivity index (χ0v) is 20.5. The fourth-order valence-corrected chi connectivity index (χ4v) is 5.76. The summed E-state index contributed by atoms with van der Waals surface area (Å²) in [5, 5.41) is 0.829. The molecule has 0 aliphatic carbocycles. The zero-order chi connectivity index (χ0) is 23.8. The first-order valence-corrected chi connectivity index (χ1v) is 12.7. The minimum absolute atomic E-state index is 0.0671. The number of hydrogen-bond acceptors (Lipinski definition) is 5. The van der Waals surface area contributed by atoms with E-state index in [1.54, 1.807) is 47.5 Å². The first-order chi connectivity index (χ1) is 15.7. The molecule has 6 nitrogen and oxygen atoms in total. The molecule has 3 aromatic carbocycles. The van der Waals surface area contributed by atoms with Gasteiger partial charge in [-0.15, -0.1) is 11.3 Å². The molecule has 0 saturated heterocycles. The Labute approximate surface area is 198 Å². The van der Waals surface area contributed by atoms with Crippen LogP contribution in [0.4, 0.5) is 5.69 Å². The number of carbonyl (C=O) groups is 1. The van der Waals surface area contributed by atoms with Crippen molar-refractivity contribution in [1.82, 2.24) is 9.88 Å². The van der Waals surface area contributed by atoms with E-state index in [9.17, 15) is 13.2 Å². The second-order valence-electron chi connectivity index (χ2n) is 7.95. The highest BCUT2D eigenvalue weighted by Gasteiger charge is 2.25. The van der Waals surface area contributed by atoms with Crippen LogP contribution in [0.15, 0.2) is 77.7 Å². The third kappa shape index (κ3) is 4.49. The number of thiazole rings is 1. The topological polar surface area (TPSA) is 70.6 Å². The van der Waals surface area contributed by atoms with Gasteiger partial charge in [0, 0.05) is 19.7 Å². The van der Waals surface area contributed by atoms with Gasteiger partial charge in [0.2, 0.25) is 0 Å². The van der Waals surface area contributed by atoms with Gasteiger partial charge in [-0.25, -0.2) is 13.4 Å². The van der Waals surface area contributed by atoms with Crippen LogP contribution >= 0.6 is 11.3 Å². The van der Waals surface area contributed by atoms with E-state index in [-0.39, 0.29) is 16.8 Å². The van der Waals surface area contributed by atoms with Gasteiger partial charge in [-0.05, 0) is 56.3 Å². The average Bonchev–Trinajstić information content (AvgIpc) is 3.27. The van der Waals surface area contributed by atoms with Gasteiger partial charge in [0.25, 0.3) is 15.9 Å². The Hall–Kier alpha value is -3.23. The molecule has 1 aromatic heterocycles. The van der Waals surface area contributed by atoms with E-state index in [0.29, 0.717) is 11.3 Å². The summed E-state index contributed by atoms with van der Waals surface area (Å²) in [4.78, 5) is 19.5. The highest BCUT2D eigenvalue weighted by molar-refractivity contribution is 7.92. The fraction of sp³-hybridized carbons (Fsp3) is 0.200. The Morgan fingerprint density at radius 1 is 0.970 bits per heavy atom. The number of aryl methyl sites for hydroxylation is 1. The summed E-state index contributed by atoms with van der Waals surface area (Å²) in [5.74, 6) is -0.267. The number of sulfonamides is 1. The number of nitrogens with zero attached hydrogens (tertiary/aromatic N) is 3. The molecule has 0 N–H and O–H groups in total. The first kappa shape index (κ1) is 22.9. The van der Waals surface area contributed by atoms with Crippen LogP contribution < -0.4 is 4.31 Å². The lowest BCUT2D eigenvalue weighted by molar-refractivity contribution is 0.0742. The van der Waals surface area contributed by atoms with Crippen molar-refractivity contribution in [2.24, 2.45) is 0 Å². The van der Waals surface area contributed by atoms with Crippen LogP contribution in [0.5, 0.6) is 0 Å². The highest BCUT2D eigenvalue weighted by Crippen LogP contribution is 2.30. The molecule has 4 aromatic rings. The summed E-state index contributed by atoms with van der Waals surface area (Å²) in [6.07, 6.45) is 0. The quantitative estimate of drug-likeness (QED) is 0.378. The van der Waals surface area contributed by atoms with Gasteiger partial charge in [-0.3, -0.25) is 9.10 Å². The summed E-state index contributed by atoms with van der Waals surface area (Å²) in [6.45, 7) is 3.86. The lowest BCUT2D eigenvalue weighted by atomic mass is 10.2. The molecule has 1 amide bonds. The molecule has 0 saturated carbocycles. The molecule has 33 heavy (non-hydrogen) atoms. The Bertz CT molecular complexity index is 1380. The largest absolute Gasteiger partial charge is 0.333 e. The van der Waals surface area contributed by atoms with E-state index in [4.69, 9.17) is 0 Å². The molecule has 0 fully saturated rings. The lowest BCUT2D eigenvalue weighted by Crippen LogP contribution is -2.30. The van der Waals surface area contributed by atoms with Crippen LogP contribution in [0.3, 0.4) is 0 Å². The fourth-order valence-electron chi connectivity index (χ4n) is 3.46. The molecular formula is C25H25N3O3S2. The van der Waals surface area contributed by atoms with Crippen LogP contribution in [-0.4, -0.2) is 38.3 Å². The van der Waals surface area contributed by atoms with Crippen molar-refractivity contribution >= 4 is 43.2 Å². The van der Waals surface area contributed by atoms with E-state index in [1.165, 1.54) is 23.5 Å². The minimum Gasteiger partial charge on any atom is -0.333 e. The predicted octanol–water partition coefficient (Wildman–Crippen LogP) is 5.26. The van der Waals surface area contributed by atoms with E-state index >= 15 is 0 Å². The molecule has 170 valence electrons. The van der Waals surface area contributed by atoms with Crippen molar-refractivity contribution in [3.05, 3.63) is 88.9 Å². The minimum atomic E-state index is -3.82. The predicted molar refractivity (Wildman–Crippen MR) is 133 cm³/mol. The molecule has 1 heterocycles. The summed E-state index contributed by atoms with van der Waals surface area (Å²) in [5.41, 5.74) is 2.81. The van der Waals surface area contributed by atoms with Crippen molar-refractivity contribution in [2.75, 3.05) is 18.4 Å². The molecule has 0 bridgehead atoms. The molecule has 0 unspecified atom stereocenters. The van der Waals surface area contributed by atoms with E-state index < -0.39 is 10.0 Å². The molecule has 0 aliphatic rings. The van der Waals surface area contributed by atoms with Crippen molar-refractivity contribution in [3.63, 3.8) is 0 Å². The third-order valence-electron chi connectivity index (χ3n) is 5.71. The second kappa shape index (κ2) is 8.96. The van der Waals surface area contributed by atoms with Gasteiger partial charge in [-0.1, -0.05) is 35.9 Å². The lowest BCUT2D eigenvalue weighted by Gasteiger charge is -2.24. The van der Waals surface area contributed by atoms with Crippen LogP contribution in [0.25, 0.3) is 10.2 Å². The average molecular weight is 480 g/mol. The van der Waals surface area contributed by atoms with Crippen LogP contribution in [0.1, 0.15) is 33.9 Å². The number of anilines is 1. The molecule has 4 rings (SSSR count). The standard InChI is InChI=1S/C25H25N3O3S2/c1-17-12-14-20(15-13-17)28(4)33(30,31)21-9-7-8-19(16-21)25(29)27(3)18(2)24-26-22-10-5-6-11-23(22)32-24/h5-16,18H,1-4H3/t18-/m1/s1. The smallest absolute Gasteiger partial charge is 0.264 e. The SMILES string of the molecule is Cc1ccc(N(C)S(=O)(=O)c2cccc(C(=O)N(C)[C@H](C)c3nc4ccccc4s3)c2)cc1. The van der Waals surface area contributed by atoms with E-state index in [2.05, 4.69) is 4.98 Å². The number of aromatic nitrogens is 1. The Balaban J connectivity index is 1.59. The van der Waals surface area contributed by atoms with Crippen LogP contribution in [-0.2, 0) is 10.0 Å². The zero-order valence-electron chi connectivity index (χ0n) is 18.9. The van der Waals surface area contributed by atoms with Crippen molar-refractivity contribution in [2.45, 2.75) is 24.8 Å². The summed E-state index contributed by atoms with van der Waals surface area (Å²) >= 11 is 1.55. The number of amides is 1. The van der Waals surface area contributed by atoms with Gasteiger partial charge in [0.1, 0.15) is 5.01 Å². The van der Waals surface area contributed by atoms with Crippen LogP contribution in [0.2, 0.25) is 0 Å². The summed E-state index contributed by atoms with van der Waals surface area (Å²) in [7, 11) is -0.607. The Morgan fingerprint density at radius 2 is 1.67 bits per heavy atom. The van der Waals surface area contributed by atoms with Gasteiger partial charge < -0.3 is 4.90 Å². The first-order valence-electron chi connectivity index (χ1n) is 10.5. The molecule has 0 radical (unpaired) electrons. The molecule has 0 spiro atoms. The van der Waals surface area contributed by atoms with E-state index in [1.807, 2.05) is 50.2 Å². The van der Waals surface area contributed by atoms with Gasteiger partial charge in [-0.2, -0.15) is 0 Å². The maximum absolute atomic E-state index is 13.2. The number of rotatable bonds is 6. The van der Waals surface area contributed by atoms with E-state index in [0.717, 1.165) is 20.8 Å². The van der Waals surface area contributed by atoms with Gasteiger partial charge in [0.15, 0.2) is 0 Å². The molecule has 8 heteroatoms. The molecular weight excluding hydrogens is 454 g/mol. The number of carbonyl (C=O) groups excluding carboxylic acids is 1. The van der Waals surface area contributed by atoms with Crippen molar-refractivity contribution in [3.8, 4) is 0 Å². The third-order valence-corrected chi connectivity index (χ3v) is 8.69. The summed E-state index contributed by atoms with van der Waals surface area (Å²) in [6, 6.07) is 21.0. The number of para-hydroxylation sites is 1. The van der Waals surface area contributed by atoms with Gasteiger partial charge >= 0.3 is 0 Å². The Morgan fingerprint density at radius 3 is 2.36 bits per heavy atom. The maximum atomic E-state index is 13.2. The maximum Gasteiger partial charge on any atom is 0.264 e. The number of hydrogen-bond donors (Lipinski definition) is 0. The van der Waals surface area contributed by atoms with Crippen molar-refractivity contribution < 1.29 is 13.2 Å². The monoisotopic (exact) mass is 479 g/mol.